The number of benzene rings is 1. The Kier molecular flexibility index (Phi) is 5.09. The zero-order valence-electron chi connectivity index (χ0n) is 14.9. The van der Waals surface area contributed by atoms with Gasteiger partial charge in [-0.2, -0.15) is 0 Å². The van der Waals surface area contributed by atoms with Crippen LogP contribution in [0.15, 0.2) is 35.5 Å². The summed E-state index contributed by atoms with van der Waals surface area (Å²) in [4.78, 5) is 36.8. The first kappa shape index (κ1) is 18.9. The van der Waals surface area contributed by atoms with Crippen molar-refractivity contribution >= 4 is 29.3 Å². The Morgan fingerprint density at radius 1 is 1.39 bits per heavy atom. The molecule has 0 bridgehead atoms. The normalized spacial score (nSPS) is 26.7. The summed E-state index contributed by atoms with van der Waals surface area (Å²) in [5, 5.41) is 10.5. The van der Waals surface area contributed by atoms with Gasteiger partial charge in [0.05, 0.1) is 11.0 Å². The van der Waals surface area contributed by atoms with Crippen molar-refractivity contribution in [3.8, 4) is 0 Å². The molecule has 3 aliphatic heterocycles. The largest absolute Gasteiger partial charge is 0.456 e. The van der Waals surface area contributed by atoms with E-state index in [9.17, 15) is 19.7 Å². The maximum Gasteiger partial charge on any atom is 0.355 e. The Hall–Kier alpha value is -2.43. The number of carbonyl (C=O) groups excluding carboxylic acids is 2. The van der Waals surface area contributed by atoms with Gasteiger partial charge in [-0.25, -0.2) is 4.79 Å². The summed E-state index contributed by atoms with van der Waals surface area (Å²) in [7, 11) is 0. The SMILES string of the molecule is NC1C(=O)N2C(C(=O)OCc3ccc([N+](=O)[O-])cc3)=C(C3CCCO3)CSC12. The van der Waals surface area contributed by atoms with Crippen molar-refractivity contribution in [2.75, 3.05) is 12.4 Å². The highest BCUT2D eigenvalue weighted by Crippen LogP contribution is 2.42. The molecule has 3 unspecified atom stereocenters. The molecular formula is C18H19N3O6S. The van der Waals surface area contributed by atoms with E-state index in [4.69, 9.17) is 15.2 Å². The van der Waals surface area contributed by atoms with Crippen molar-refractivity contribution in [1.82, 2.24) is 4.90 Å². The van der Waals surface area contributed by atoms with Gasteiger partial charge in [-0.15, -0.1) is 11.8 Å². The second kappa shape index (κ2) is 7.53. The van der Waals surface area contributed by atoms with Crippen LogP contribution in [0.2, 0.25) is 0 Å². The summed E-state index contributed by atoms with van der Waals surface area (Å²) in [6.45, 7) is 0.575. The third-order valence-electron chi connectivity index (χ3n) is 5.07. The lowest BCUT2D eigenvalue weighted by molar-refractivity contribution is -0.384. The van der Waals surface area contributed by atoms with E-state index >= 15 is 0 Å². The number of nitro groups is 1. The molecule has 0 radical (unpaired) electrons. The maximum absolute atomic E-state index is 12.9. The Morgan fingerprint density at radius 2 is 2.14 bits per heavy atom. The van der Waals surface area contributed by atoms with Crippen LogP contribution in [0.3, 0.4) is 0 Å². The molecule has 28 heavy (non-hydrogen) atoms. The van der Waals surface area contributed by atoms with E-state index in [0.29, 0.717) is 17.9 Å². The van der Waals surface area contributed by atoms with Gasteiger partial charge >= 0.3 is 5.97 Å². The highest BCUT2D eigenvalue weighted by atomic mass is 32.2. The number of hydrogen-bond acceptors (Lipinski definition) is 8. The van der Waals surface area contributed by atoms with Crippen molar-refractivity contribution in [3.63, 3.8) is 0 Å². The first-order valence-electron chi connectivity index (χ1n) is 8.92. The van der Waals surface area contributed by atoms with Crippen LogP contribution in [0, 0.1) is 10.1 Å². The number of nitrogens with two attached hydrogens (primary N) is 1. The van der Waals surface area contributed by atoms with Crippen LogP contribution < -0.4 is 5.73 Å². The summed E-state index contributed by atoms with van der Waals surface area (Å²) in [5.74, 6) is -0.334. The van der Waals surface area contributed by atoms with Crippen molar-refractivity contribution in [2.24, 2.45) is 5.73 Å². The number of amides is 1. The molecule has 3 atom stereocenters. The van der Waals surface area contributed by atoms with Gasteiger partial charge in [0.15, 0.2) is 0 Å². The van der Waals surface area contributed by atoms with Crippen LogP contribution in [0.4, 0.5) is 5.69 Å². The highest BCUT2D eigenvalue weighted by molar-refractivity contribution is 8.00. The second-order valence-corrected chi connectivity index (χ2v) is 7.92. The fourth-order valence-electron chi connectivity index (χ4n) is 3.56. The smallest absolute Gasteiger partial charge is 0.355 e. The third-order valence-corrected chi connectivity index (χ3v) is 6.39. The number of ether oxygens (including phenoxy) is 2. The topological polar surface area (TPSA) is 125 Å². The highest BCUT2D eigenvalue weighted by Gasteiger charge is 2.53. The Morgan fingerprint density at radius 3 is 2.79 bits per heavy atom. The molecule has 0 aromatic heterocycles. The van der Waals surface area contributed by atoms with Crippen LogP contribution in [-0.2, 0) is 25.7 Å². The molecule has 2 fully saturated rings. The van der Waals surface area contributed by atoms with Gasteiger partial charge in [0.1, 0.15) is 23.7 Å². The Bertz CT molecular complexity index is 849. The molecule has 1 aromatic carbocycles. The Balaban J connectivity index is 1.53. The Labute approximate surface area is 165 Å². The van der Waals surface area contributed by atoms with Gasteiger partial charge in [0.2, 0.25) is 5.91 Å². The number of nitrogens with zero attached hydrogens (tertiary/aromatic N) is 2. The van der Waals surface area contributed by atoms with Gasteiger partial charge in [0, 0.05) is 24.5 Å². The molecule has 10 heteroatoms. The molecule has 3 aliphatic rings. The fraction of sp³-hybridized carbons (Fsp3) is 0.444. The third kappa shape index (κ3) is 3.27. The lowest BCUT2D eigenvalue weighted by Gasteiger charge is -2.48. The number of esters is 1. The van der Waals surface area contributed by atoms with Gasteiger partial charge in [-0.1, -0.05) is 0 Å². The summed E-state index contributed by atoms with van der Waals surface area (Å²) < 4.78 is 11.2. The number of rotatable bonds is 5. The number of hydrogen-bond donors (Lipinski definition) is 1. The fourth-order valence-corrected chi connectivity index (χ4v) is 4.91. The standard InChI is InChI=1S/C18H19N3O6S/c19-14-16(22)20-15(12(9-28-17(14)20)13-2-1-7-26-13)18(23)27-8-10-3-5-11(6-4-10)21(24)25/h3-6,13-14,17H,1-2,7-9,19H2. The minimum atomic E-state index is -0.617. The number of nitro benzene ring substituents is 1. The first-order valence-corrected chi connectivity index (χ1v) is 9.97. The second-order valence-electron chi connectivity index (χ2n) is 6.81. The number of fused-ring (bicyclic) bond motifs is 1. The lowest BCUT2D eigenvalue weighted by Crippen LogP contribution is -2.68. The van der Waals surface area contributed by atoms with Crippen molar-refractivity contribution < 1.29 is 24.0 Å². The predicted octanol–water partition coefficient (Wildman–Crippen LogP) is 1.31. The van der Waals surface area contributed by atoms with Gasteiger partial charge < -0.3 is 15.2 Å². The quantitative estimate of drug-likeness (QED) is 0.336. The number of β-lactam (4-membered cyclic amide) rings is 1. The van der Waals surface area contributed by atoms with Gasteiger partial charge in [-0.3, -0.25) is 19.8 Å². The summed E-state index contributed by atoms with van der Waals surface area (Å²) in [6, 6.07) is 5.15. The minimum Gasteiger partial charge on any atom is -0.456 e. The van der Waals surface area contributed by atoms with Crippen LogP contribution in [0.1, 0.15) is 18.4 Å². The van der Waals surface area contributed by atoms with Crippen molar-refractivity contribution in [2.45, 2.75) is 37.0 Å². The van der Waals surface area contributed by atoms with E-state index in [2.05, 4.69) is 0 Å². The molecule has 1 amide bonds. The summed E-state index contributed by atoms with van der Waals surface area (Å²) in [6.07, 6.45) is 1.51. The van der Waals surface area contributed by atoms with E-state index in [-0.39, 0.29) is 35.4 Å². The molecule has 3 heterocycles. The van der Waals surface area contributed by atoms with E-state index in [1.807, 2.05) is 0 Å². The molecule has 2 N–H and O–H groups in total. The van der Waals surface area contributed by atoms with Gasteiger partial charge in [-0.05, 0) is 36.1 Å². The van der Waals surface area contributed by atoms with Crippen LogP contribution in [-0.4, -0.2) is 51.6 Å². The molecule has 0 aliphatic carbocycles. The average Bonchev–Trinajstić information content (AvgIpc) is 3.25. The molecule has 2 saturated heterocycles. The average molecular weight is 405 g/mol. The molecule has 0 spiro atoms. The van der Waals surface area contributed by atoms with Crippen molar-refractivity contribution in [3.05, 3.63) is 51.2 Å². The summed E-state index contributed by atoms with van der Waals surface area (Å²) >= 11 is 1.53. The summed E-state index contributed by atoms with van der Waals surface area (Å²) in [5.41, 5.74) is 7.46. The van der Waals surface area contributed by atoms with Gasteiger partial charge in [0.25, 0.3) is 5.69 Å². The van der Waals surface area contributed by atoms with E-state index < -0.39 is 16.9 Å². The number of non-ortho nitro benzene ring substituents is 1. The zero-order valence-corrected chi connectivity index (χ0v) is 15.7. The van der Waals surface area contributed by atoms with Crippen LogP contribution in [0.25, 0.3) is 0 Å². The molecule has 4 rings (SSSR count). The van der Waals surface area contributed by atoms with Crippen molar-refractivity contribution in [1.29, 1.82) is 0 Å². The molecule has 148 valence electrons. The van der Waals surface area contributed by atoms with E-state index in [1.54, 1.807) is 0 Å². The monoisotopic (exact) mass is 405 g/mol. The minimum absolute atomic E-state index is 0.0363. The van der Waals surface area contributed by atoms with Crippen LogP contribution in [0.5, 0.6) is 0 Å². The van der Waals surface area contributed by atoms with Crippen LogP contribution >= 0.6 is 11.8 Å². The number of thioether (sulfide) groups is 1. The maximum atomic E-state index is 12.9. The number of carbonyl (C=O) groups is 2. The lowest BCUT2D eigenvalue weighted by atomic mass is 10.00. The van der Waals surface area contributed by atoms with E-state index in [0.717, 1.165) is 18.4 Å². The predicted molar refractivity (Wildman–Crippen MR) is 100.0 cm³/mol. The first-order chi connectivity index (χ1) is 13.5. The van der Waals surface area contributed by atoms with E-state index in [1.165, 1.54) is 40.9 Å². The molecule has 0 saturated carbocycles. The molecular weight excluding hydrogens is 386 g/mol. The molecule has 1 aromatic rings. The molecule has 9 nitrogen and oxygen atoms in total. The zero-order chi connectivity index (χ0) is 19.8.